The van der Waals surface area contributed by atoms with Crippen LogP contribution in [0.5, 0.6) is 11.5 Å². The van der Waals surface area contributed by atoms with Crippen molar-refractivity contribution in [3.63, 3.8) is 0 Å². The molecule has 0 radical (unpaired) electrons. The molecule has 0 spiro atoms. The monoisotopic (exact) mass is 387 g/mol. The fourth-order valence-corrected chi connectivity index (χ4v) is 2.71. The normalized spacial score (nSPS) is 11.3. The van der Waals surface area contributed by atoms with Gasteiger partial charge in [-0.3, -0.25) is 0 Å². The summed E-state index contributed by atoms with van der Waals surface area (Å²) in [6.07, 6.45) is -4.52. The fraction of sp³-hybridized carbons (Fsp3) is 0.182. The number of benzene rings is 3. The predicted molar refractivity (Wildman–Crippen MR) is 102 cm³/mol. The second kappa shape index (κ2) is 8.80. The van der Waals surface area contributed by atoms with Gasteiger partial charge in [0.05, 0.1) is 5.56 Å². The van der Waals surface area contributed by atoms with E-state index in [-0.39, 0.29) is 18.9 Å². The summed E-state index contributed by atoms with van der Waals surface area (Å²) < 4.78 is 50.9. The first-order valence-electron chi connectivity index (χ1n) is 8.78. The molecule has 0 aliphatic heterocycles. The van der Waals surface area contributed by atoms with E-state index in [0.29, 0.717) is 23.5 Å². The Hall–Kier alpha value is -2.99. The molecule has 0 aromatic heterocycles. The van der Waals surface area contributed by atoms with Crippen molar-refractivity contribution < 1.29 is 22.6 Å². The molecule has 0 fully saturated rings. The molecular formula is C22H20F3NO2. The highest BCUT2D eigenvalue weighted by Crippen LogP contribution is 2.39. The van der Waals surface area contributed by atoms with Gasteiger partial charge in [0.25, 0.3) is 0 Å². The highest BCUT2D eigenvalue weighted by molar-refractivity contribution is 5.66. The summed E-state index contributed by atoms with van der Waals surface area (Å²) in [4.78, 5) is 0. The van der Waals surface area contributed by atoms with Gasteiger partial charge < -0.3 is 15.2 Å². The highest BCUT2D eigenvalue weighted by Gasteiger charge is 2.34. The van der Waals surface area contributed by atoms with Gasteiger partial charge in [0.15, 0.2) is 0 Å². The van der Waals surface area contributed by atoms with Crippen molar-refractivity contribution in [2.75, 3.05) is 13.2 Å². The van der Waals surface area contributed by atoms with E-state index in [1.807, 2.05) is 30.3 Å². The van der Waals surface area contributed by atoms with Gasteiger partial charge in [-0.1, -0.05) is 48.5 Å². The third-order valence-electron chi connectivity index (χ3n) is 4.10. The largest absolute Gasteiger partial charge is 0.492 e. The zero-order chi connectivity index (χ0) is 20.0. The van der Waals surface area contributed by atoms with Crippen molar-refractivity contribution in [1.82, 2.24) is 0 Å². The van der Waals surface area contributed by atoms with Crippen LogP contribution in [-0.2, 0) is 12.8 Å². The molecule has 0 aliphatic rings. The topological polar surface area (TPSA) is 44.5 Å². The Morgan fingerprint density at radius 3 is 2.11 bits per heavy atom. The molecule has 0 saturated carbocycles. The summed E-state index contributed by atoms with van der Waals surface area (Å²) >= 11 is 0. The zero-order valence-electron chi connectivity index (χ0n) is 15.1. The van der Waals surface area contributed by atoms with Crippen molar-refractivity contribution in [2.45, 2.75) is 12.8 Å². The van der Waals surface area contributed by atoms with E-state index < -0.39 is 11.7 Å². The van der Waals surface area contributed by atoms with Gasteiger partial charge in [0.2, 0.25) is 0 Å². The third-order valence-corrected chi connectivity index (χ3v) is 4.10. The molecule has 146 valence electrons. The molecule has 0 bridgehead atoms. The van der Waals surface area contributed by atoms with E-state index >= 15 is 0 Å². The van der Waals surface area contributed by atoms with E-state index in [4.69, 9.17) is 15.2 Å². The molecule has 6 heteroatoms. The van der Waals surface area contributed by atoms with Crippen LogP contribution >= 0.6 is 0 Å². The number of alkyl halides is 3. The lowest BCUT2D eigenvalue weighted by atomic mass is 10.0. The standard InChI is InChI=1S/C22H20F3NO2/c23-22(24,25)20-14-18(8-11-21(20)27-13-12-26)17-6-9-19(10-7-17)28-15-16-4-2-1-3-5-16/h1-11,14H,12-13,15,26H2. The van der Waals surface area contributed by atoms with Crippen LogP contribution in [0.1, 0.15) is 11.1 Å². The maximum absolute atomic E-state index is 13.4. The lowest BCUT2D eigenvalue weighted by Crippen LogP contribution is -2.14. The molecule has 0 amide bonds. The summed E-state index contributed by atoms with van der Waals surface area (Å²) in [5.41, 5.74) is 6.64. The van der Waals surface area contributed by atoms with Crippen molar-refractivity contribution >= 4 is 0 Å². The van der Waals surface area contributed by atoms with E-state index in [9.17, 15) is 13.2 Å². The number of rotatable bonds is 7. The Bertz CT molecular complexity index is 894. The Labute approximate surface area is 161 Å². The second-order valence-corrected chi connectivity index (χ2v) is 6.14. The summed E-state index contributed by atoms with van der Waals surface area (Å²) in [6.45, 7) is 0.588. The summed E-state index contributed by atoms with van der Waals surface area (Å²) in [5.74, 6) is 0.427. The first-order chi connectivity index (χ1) is 13.5. The average Bonchev–Trinajstić information content (AvgIpc) is 2.71. The molecule has 0 aliphatic carbocycles. The molecule has 0 heterocycles. The summed E-state index contributed by atoms with van der Waals surface area (Å²) in [5, 5.41) is 0. The van der Waals surface area contributed by atoms with Gasteiger partial charge in [-0.2, -0.15) is 13.2 Å². The van der Waals surface area contributed by atoms with Crippen LogP contribution in [0.3, 0.4) is 0 Å². The number of hydrogen-bond donors (Lipinski definition) is 1. The highest BCUT2D eigenvalue weighted by atomic mass is 19.4. The smallest absolute Gasteiger partial charge is 0.419 e. The van der Waals surface area contributed by atoms with Crippen molar-refractivity contribution in [3.8, 4) is 22.6 Å². The van der Waals surface area contributed by atoms with Gasteiger partial charge in [-0.05, 0) is 41.0 Å². The molecule has 28 heavy (non-hydrogen) atoms. The molecule has 3 nitrogen and oxygen atoms in total. The van der Waals surface area contributed by atoms with E-state index in [0.717, 1.165) is 11.6 Å². The first kappa shape index (κ1) is 19.8. The molecule has 2 N–H and O–H groups in total. The van der Waals surface area contributed by atoms with Crippen LogP contribution in [0.2, 0.25) is 0 Å². The van der Waals surface area contributed by atoms with Crippen LogP contribution in [0.25, 0.3) is 11.1 Å². The minimum Gasteiger partial charge on any atom is -0.492 e. The van der Waals surface area contributed by atoms with Crippen molar-refractivity contribution in [2.24, 2.45) is 5.73 Å². The molecular weight excluding hydrogens is 367 g/mol. The maximum Gasteiger partial charge on any atom is 0.419 e. The fourth-order valence-electron chi connectivity index (χ4n) is 2.71. The first-order valence-corrected chi connectivity index (χ1v) is 8.78. The molecule has 0 atom stereocenters. The Morgan fingerprint density at radius 2 is 1.46 bits per heavy atom. The maximum atomic E-state index is 13.4. The Morgan fingerprint density at radius 1 is 0.786 bits per heavy atom. The quantitative estimate of drug-likeness (QED) is 0.599. The third kappa shape index (κ3) is 5.04. The number of nitrogens with two attached hydrogens (primary N) is 1. The lowest BCUT2D eigenvalue weighted by molar-refractivity contribution is -0.138. The van der Waals surface area contributed by atoms with E-state index in [1.165, 1.54) is 6.07 Å². The van der Waals surface area contributed by atoms with Gasteiger partial charge in [-0.15, -0.1) is 0 Å². The van der Waals surface area contributed by atoms with Crippen molar-refractivity contribution in [3.05, 3.63) is 83.9 Å². The van der Waals surface area contributed by atoms with Crippen LogP contribution in [-0.4, -0.2) is 13.2 Å². The van der Waals surface area contributed by atoms with Gasteiger partial charge in [-0.25, -0.2) is 0 Å². The van der Waals surface area contributed by atoms with E-state index in [1.54, 1.807) is 30.3 Å². The molecule has 3 aromatic carbocycles. The molecule has 0 saturated heterocycles. The van der Waals surface area contributed by atoms with Crippen LogP contribution in [0.15, 0.2) is 72.8 Å². The number of hydrogen-bond acceptors (Lipinski definition) is 3. The lowest BCUT2D eigenvalue weighted by Gasteiger charge is -2.15. The molecule has 0 unspecified atom stereocenters. The van der Waals surface area contributed by atoms with E-state index in [2.05, 4.69) is 0 Å². The number of ether oxygens (including phenoxy) is 2. The Kier molecular flexibility index (Phi) is 6.21. The van der Waals surface area contributed by atoms with Crippen molar-refractivity contribution in [1.29, 1.82) is 0 Å². The summed E-state index contributed by atoms with van der Waals surface area (Å²) in [6, 6.07) is 20.7. The number of halogens is 3. The van der Waals surface area contributed by atoms with Gasteiger partial charge >= 0.3 is 6.18 Å². The molecule has 3 aromatic rings. The summed E-state index contributed by atoms with van der Waals surface area (Å²) in [7, 11) is 0. The van der Waals surface area contributed by atoms with Gasteiger partial charge in [0, 0.05) is 6.54 Å². The van der Waals surface area contributed by atoms with Gasteiger partial charge in [0.1, 0.15) is 24.7 Å². The van der Waals surface area contributed by atoms with Crippen LogP contribution in [0, 0.1) is 0 Å². The minimum atomic E-state index is -4.52. The van der Waals surface area contributed by atoms with Crippen LogP contribution in [0.4, 0.5) is 13.2 Å². The Balaban J connectivity index is 1.77. The average molecular weight is 387 g/mol. The second-order valence-electron chi connectivity index (χ2n) is 6.14. The zero-order valence-corrected chi connectivity index (χ0v) is 15.1. The predicted octanol–water partition coefficient (Wildman–Crippen LogP) is 5.29. The van der Waals surface area contributed by atoms with Crippen LogP contribution < -0.4 is 15.2 Å². The SMILES string of the molecule is NCCOc1ccc(-c2ccc(OCc3ccccc3)cc2)cc1C(F)(F)F. The minimum absolute atomic E-state index is 0.0237. The molecule has 3 rings (SSSR count).